The molecular formula is C30H20O12. The van der Waals surface area contributed by atoms with Gasteiger partial charge in [-0.15, -0.1) is 0 Å². The van der Waals surface area contributed by atoms with Crippen LogP contribution in [0.1, 0.15) is 28.4 Å². The number of hydrogen-bond donors (Lipinski definition) is 8. The Hall–Kier alpha value is -6.04. The minimum atomic E-state index is -0.922. The molecule has 12 nitrogen and oxygen atoms in total. The van der Waals surface area contributed by atoms with Crippen LogP contribution >= 0.6 is 0 Å². The number of hydrogen-bond acceptors (Lipinski definition) is 12. The number of carbonyl (C=O) groups excluding carboxylic acids is 1. The summed E-state index contributed by atoms with van der Waals surface area (Å²) < 4.78 is 11.6. The summed E-state index contributed by atoms with van der Waals surface area (Å²) in [6, 6.07) is 9.92. The normalized spacial score (nSPS) is 14.5. The third-order valence-corrected chi connectivity index (χ3v) is 6.98. The molecule has 1 aliphatic heterocycles. The minimum absolute atomic E-state index is 0.112. The zero-order valence-corrected chi connectivity index (χ0v) is 21.2. The van der Waals surface area contributed by atoms with Gasteiger partial charge in [-0.1, -0.05) is 6.07 Å². The average Bonchev–Trinajstić information content (AvgIpc) is 2.90. The smallest absolute Gasteiger partial charge is 0.197 e. The van der Waals surface area contributed by atoms with Crippen molar-refractivity contribution < 1.29 is 54.8 Å². The van der Waals surface area contributed by atoms with E-state index in [2.05, 4.69) is 0 Å². The van der Waals surface area contributed by atoms with Crippen molar-refractivity contribution in [1.29, 1.82) is 0 Å². The topological polar surface area (TPSA) is 218 Å². The summed E-state index contributed by atoms with van der Waals surface area (Å²) in [7, 11) is 0. The van der Waals surface area contributed by atoms with Crippen molar-refractivity contribution in [2.45, 2.75) is 12.5 Å². The molecule has 1 aliphatic rings. The van der Waals surface area contributed by atoms with E-state index in [1.807, 2.05) is 0 Å². The first-order valence-electron chi connectivity index (χ1n) is 12.3. The molecule has 12 heteroatoms. The van der Waals surface area contributed by atoms with Crippen LogP contribution in [-0.4, -0.2) is 46.6 Å². The Labute approximate surface area is 234 Å². The van der Waals surface area contributed by atoms with Gasteiger partial charge in [-0.05, 0) is 29.8 Å². The minimum Gasteiger partial charge on any atom is -0.508 e. The molecular weight excluding hydrogens is 552 g/mol. The molecule has 5 aromatic rings. The van der Waals surface area contributed by atoms with E-state index in [9.17, 15) is 50.4 Å². The monoisotopic (exact) mass is 572 g/mol. The van der Waals surface area contributed by atoms with Crippen LogP contribution in [0.15, 0.2) is 63.8 Å². The molecule has 4 aromatic carbocycles. The molecule has 0 bridgehead atoms. The molecule has 6 rings (SSSR count). The Morgan fingerprint density at radius 2 is 1.33 bits per heavy atom. The second-order valence-electron chi connectivity index (χ2n) is 9.67. The summed E-state index contributed by atoms with van der Waals surface area (Å²) in [6.07, 6.45) is -1.20. The Morgan fingerprint density at radius 3 is 2.05 bits per heavy atom. The zero-order chi connectivity index (χ0) is 30.0. The quantitative estimate of drug-likeness (QED) is 0.140. The predicted octanol–water partition coefficient (Wildman–Crippen LogP) is 4.48. The number of ketones is 1. The number of Topliss-reactive ketones (excluding diaryl/α,β-unsaturated/α-hetero) is 1. The van der Waals surface area contributed by atoms with E-state index in [1.54, 1.807) is 0 Å². The molecule has 0 spiro atoms. The standard InChI is InChI=1S/C30H20O12/c31-12-4-19(36)28-21(38)9-24(42-25(28)5-12)13-6-17(34)18(35)7-14(13)27-20(37)10-26-29(30(27)40)22(39)8-23(41-26)11-1-2-15(32)16(33)3-11/h1-7,9-10,23,31-37,40H,8H2/t23-/m0/s1. The second-order valence-corrected chi connectivity index (χ2v) is 9.67. The van der Waals surface area contributed by atoms with Crippen LogP contribution < -0.4 is 10.2 Å². The van der Waals surface area contributed by atoms with Gasteiger partial charge in [0.15, 0.2) is 34.2 Å². The molecule has 0 unspecified atom stereocenters. The van der Waals surface area contributed by atoms with Crippen molar-refractivity contribution in [3.05, 3.63) is 75.9 Å². The Bertz CT molecular complexity index is 2020. The highest BCUT2D eigenvalue weighted by atomic mass is 16.5. The summed E-state index contributed by atoms with van der Waals surface area (Å²) in [4.78, 5) is 26.1. The van der Waals surface area contributed by atoms with Gasteiger partial charge >= 0.3 is 0 Å². The predicted molar refractivity (Wildman–Crippen MR) is 145 cm³/mol. The highest BCUT2D eigenvalue weighted by Crippen LogP contribution is 2.52. The van der Waals surface area contributed by atoms with E-state index in [4.69, 9.17) is 9.15 Å². The van der Waals surface area contributed by atoms with Crippen LogP contribution in [0.4, 0.5) is 0 Å². The Kier molecular flexibility index (Phi) is 5.78. The molecule has 212 valence electrons. The largest absolute Gasteiger partial charge is 0.508 e. The zero-order valence-electron chi connectivity index (χ0n) is 21.2. The van der Waals surface area contributed by atoms with Crippen LogP contribution in [0.5, 0.6) is 51.7 Å². The van der Waals surface area contributed by atoms with Crippen LogP contribution in [0.2, 0.25) is 0 Å². The van der Waals surface area contributed by atoms with Crippen molar-refractivity contribution in [2.24, 2.45) is 0 Å². The lowest BCUT2D eigenvalue weighted by Gasteiger charge is -2.27. The number of carbonyl (C=O) groups is 1. The number of rotatable bonds is 3. The van der Waals surface area contributed by atoms with Crippen LogP contribution in [0, 0.1) is 0 Å². The lowest BCUT2D eigenvalue weighted by atomic mass is 9.89. The summed E-state index contributed by atoms with van der Waals surface area (Å²) in [5.41, 5.74) is -1.53. The maximum absolute atomic E-state index is 13.2. The van der Waals surface area contributed by atoms with Crippen molar-refractivity contribution >= 4 is 16.8 Å². The Morgan fingerprint density at radius 1 is 0.643 bits per heavy atom. The van der Waals surface area contributed by atoms with Crippen molar-refractivity contribution in [1.82, 2.24) is 0 Å². The third-order valence-electron chi connectivity index (χ3n) is 6.98. The van der Waals surface area contributed by atoms with E-state index in [0.717, 1.165) is 36.4 Å². The molecule has 1 atom stereocenters. The van der Waals surface area contributed by atoms with Crippen LogP contribution in [-0.2, 0) is 0 Å². The van der Waals surface area contributed by atoms with Gasteiger partial charge < -0.3 is 50.0 Å². The molecule has 0 fully saturated rings. The summed E-state index contributed by atoms with van der Waals surface area (Å²) >= 11 is 0. The fourth-order valence-electron chi connectivity index (χ4n) is 5.03. The van der Waals surface area contributed by atoms with E-state index in [1.165, 1.54) is 18.2 Å². The number of phenols is 8. The van der Waals surface area contributed by atoms with Crippen molar-refractivity contribution in [3.8, 4) is 74.2 Å². The van der Waals surface area contributed by atoms with Gasteiger partial charge in [-0.25, -0.2) is 0 Å². The molecule has 42 heavy (non-hydrogen) atoms. The van der Waals surface area contributed by atoms with Gasteiger partial charge in [-0.2, -0.15) is 0 Å². The number of fused-ring (bicyclic) bond motifs is 2. The molecule has 0 saturated carbocycles. The van der Waals surface area contributed by atoms with E-state index in [-0.39, 0.29) is 56.9 Å². The molecule has 2 heterocycles. The van der Waals surface area contributed by atoms with Gasteiger partial charge in [0.1, 0.15) is 57.1 Å². The summed E-state index contributed by atoms with van der Waals surface area (Å²) in [5.74, 6) is -5.42. The second kappa shape index (κ2) is 9.27. The van der Waals surface area contributed by atoms with Gasteiger partial charge in [0.25, 0.3) is 0 Å². The SMILES string of the molecule is O=C1C[C@@H](c2ccc(O)c(O)c2)Oc2cc(O)c(-c3cc(O)c(O)cc3-c3cc(=O)c4c(O)cc(O)cc4o3)c(O)c21. The first kappa shape index (κ1) is 26.2. The summed E-state index contributed by atoms with van der Waals surface area (Å²) in [5, 5.41) is 82.1. The maximum atomic E-state index is 13.2. The molecule has 0 radical (unpaired) electrons. The van der Waals surface area contributed by atoms with Gasteiger partial charge in [-0.3, -0.25) is 9.59 Å². The van der Waals surface area contributed by atoms with Gasteiger partial charge in [0.2, 0.25) is 0 Å². The number of phenolic OH excluding ortho intramolecular Hbond substituents is 8. The number of aromatic hydroxyl groups is 8. The molecule has 8 N–H and O–H groups in total. The highest BCUT2D eigenvalue weighted by Gasteiger charge is 2.34. The molecule has 0 amide bonds. The first-order chi connectivity index (χ1) is 19.9. The first-order valence-corrected chi connectivity index (χ1v) is 12.3. The van der Waals surface area contributed by atoms with E-state index < -0.39 is 57.6 Å². The van der Waals surface area contributed by atoms with E-state index in [0.29, 0.717) is 5.56 Å². The molecule has 1 aromatic heterocycles. The average molecular weight is 572 g/mol. The molecule has 0 aliphatic carbocycles. The fourth-order valence-corrected chi connectivity index (χ4v) is 5.03. The Balaban J connectivity index is 1.53. The van der Waals surface area contributed by atoms with Gasteiger partial charge in [0, 0.05) is 35.4 Å². The van der Waals surface area contributed by atoms with E-state index >= 15 is 0 Å². The van der Waals surface area contributed by atoms with Crippen molar-refractivity contribution in [3.63, 3.8) is 0 Å². The fraction of sp³-hybridized carbons (Fsp3) is 0.0667. The lowest BCUT2D eigenvalue weighted by Crippen LogP contribution is -2.20. The number of benzene rings is 4. The molecule has 0 saturated heterocycles. The van der Waals surface area contributed by atoms with Crippen LogP contribution in [0.25, 0.3) is 33.4 Å². The third kappa shape index (κ3) is 4.09. The number of ether oxygens (including phenoxy) is 1. The van der Waals surface area contributed by atoms with Gasteiger partial charge in [0.05, 0.1) is 12.0 Å². The highest BCUT2D eigenvalue weighted by molar-refractivity contribution is 6.06. The van der Waals surface area contributed by atoms with Crippen molar-refractivity contribution in [2.75, 3.05) is 0 Å². The maximum Gasteiger partial charge on any atom is 0.197 e. The lowest BCUT2D eigenvalue weighted by molar-refractivity contribution is 0.0844. The van der Waals surface area contributed by atoms with Crippen LogP contribution in [0.3, 0.4) is 0 Å². The summed E-state index contributed by atoms with van der Waals surface area (Å²) in [6.45, 7) is 0.